The number of anilines is 1. The largest absolute Gasteiger partial charge is 0.464 e. The van der Waals surface area contributed by atoms with Crippen LogP contribution < -0.4 is 5.32 Å². The zero-order valence-electron chi connectivity index (χ0n) is 11.4. The average molecular weight is 349 g/mol. The SMILES string of the molecule is CCOC(=O)C(CC(C)C)Nc1ccc(Cl)c(Br)c1. The van der Waals surface area contributed by atoms with Gasteiger partial charge in [-0.3, -0.25) is 0 Å². The van der Waals surface area contributed by atoms with Crippen molar-refractivity contribution in [2.45, 2.75) is 33.2 Å². The van der Waals surface area contributed by atoms with Crippen LogP contribution >= 0.6 is 27.5 Å². The van der Waals surface area contributed by atoms with Crippen LogP contribution in [0.15, 0.2) is 22.7 Å². The molecule has 0 aliphatic heterocycles. The van der Waals surface area contributed by atoms with Gasteiger partial charge in [0.2, 0.25) is 0 Å². The Morgan fingerprint density at radius 3 is 2.68 bits per heavy atom. The molecule has 0 fully saturated rings. The second-order valence-electron chi connectivity index (χ2n) is 4.71. The summed E-state index contributed by atoms with van der Waals surface area (Å²) in [6.45, 7) is 6.35. The summed E-state index contributed by atoms with van der Waals surface area (Å²) in [7, 11) is 0. The molecular weight excluding hydrogens is 330 g/mol. The van der Waals surface area contributed by atoms with Crippen molar-refractivity contribution in [1.82, 2.24) is 0 Å². The summed E-state index contributed by atoms with van der Waals surface area (Å²) in [5, 5.41) is 3.84. The lowest BCUT2D eigenvalue weighted by Gasteiger charge is -2.20. The zero-order chi connectivity index (χ0) is 14.4. The van der Waals surface area contributed by atoms with Crippen LogP contribution in [0.25, 0.3) is 0 Å². The number of carbonyl (C=O) groups excluding carboxylic acids is 1. The van der Waals surface area contributed by atoms with Crippen molar-refractivity contribution in [3.8, 4) is 0 Å². The average Bonchev–Trinajstić information content (AvgIpc) is 2.33. The third kappa shape index (κ3) is 5.41. The van der Waals surface area contributed by atoms with E-state index in [1.54, 1.807) is 6.07 Å². The molecule has 0 bridgehead atoms. The number of halogens is 2. The number of benzene rings is 1. The summed E-state index contributed by atoms with van der Waals surface area (Å²) in [5.74, 6) is 0.180. The van der Waals surface area contributed by atoms with Gasteiger partial charge in [-0.25, -0.2) is 4.79 Å². The number of ether oxygens (including phenoxy) is 1. The van der Waals surface area contributed by atoms with Crippen LogP contribution in [-0.2, 0) is 9.53 Å². The van der Waals surface area contributed by atoms with Gasteiger partial charge in [0, 0.05) is 10.2 Å². The summed E-state index contributed by atoms with van der Waals surface area (Å²) in [6.07, 6.45) is 0.721. The fourth-order valence-corrected chi connectivity index (χ4v) is 2.21. The Kier molecular flexibility index (Phi) is 6.66. The molecule has 1 atom stereocenters. The first-order chi connectivity index (χ1) is 8.93. The highest BCUT2D eigenvalue weighted by Gasteiger charge is 2.21. The lowest BCUT2D eigenvalue weighted by molar-refractivity contribution is -0.144. The summed E-state index contributed by atoms with van der Waals surface area (Å²) < 4.78 is 5.89. The number of esters is 1. The number of carbonyl (C=O) groups is 1. The molecule has 1 aromatic carbocycles. The molecule has 19 heavy (non-hydrogen) atoms. The molecule has 0 radical (unpaired) electrons. The molecule has 5 heteroatoms. The third-order valence-electron chi connectivity index (χ3n) is 2.54. The Morgan fingerprint density at radius 2 is 2.16 bits per heavy atom. The van der Waals surface area contributed by atoms with Gasteiger partial charge in [-0.2, -0.15) is 0 Å². The summed E-state index contributed by atoms with van der Waals surface area (Å²) in [5.41, 5.74) is 0.843. The lowest BCUT2D eigenvalue weighted by Crippen LogP contribution is -2.32. The second kappa shape index (κ2) is 7.75. The first kappa shape index (κ1) is 16.3. The van der Waals surface area contributed by atoms with Crippen LogP contribution in [0, 0.1) is 5.92 Å². The fourth-order valence-electron chi connectivity index (χ4n) is 1.72. The maximum Gasteiger partial charge on any atom is 0.328 e. The molecule has 0 aromatic heterocycles. The van der Waals surface area contributed by atoms with Gasteiger partial charge in [0.05, 0.1) is 11.6 Å². The summed E-state index contributed by atoms with van der Waals surface area (Å²) in [6, 6.07) is 5.15. The molecule has 106 valence electrons. The molecule has 0 saturated heterocycles. The summed E-state index contributed by atoms with van der Waals surface area (Å²) >= 11 is 9.31. The van der Waals surface area contributed by atoms with Crippen molar-refractivity contribution < 1.29 is 9.53 Å². The van der Waals surface area contributed by atoms with Crippen molar-refractivity contribution in [2.75, 3.05) is 11.9 Å². The molecule has 0 aliphatic rings. The van der Waals surface area contributed by atoms with Crippen LogP contribution in [0.5, 0.6) is 0 Å². The highest BCUT2D eigenvalue weighted by atomic mass is 79.9. The zero-order valence-corrected chi connectivity index (χ0v) is 13.7. The van der Waals surface area contributed by atoms with Gasteiger partial charge < -0.3 is 10.1 Å². The van der Waals surface area contributed by atoms with E-state index in [9.17, 15) is 4.79 Å². The molecule has 1 N–H and O–H groups in total. The molecular formula is C14H19BrClNO2. The number of hydrogen-bond donors (Lipinski definition) is 1. The molecule has 3 nitrogen and oxygen atoms in total. The van der Waals surface area contributed by atoms with Crippen LogP contribution in [0.4, 0.5) is 5.69 Å². The van der Waals surface area contributed by atoms with Gasteiger partial charge >= 0.3 is 5.97 Å². The molecule has 1 unspecified atom stereocenters. The van der Waals surface area contributed by atoms with E-state index in [4.69, 9.17) is 16.3 Å². The van der Waals surface area contributed by atoms with Crippen LogP contribution in [-0.4, -0.2) is 18.6 Å². The standard InChI is InChI=1S/C14H19BrClNO2/c1-4-19-14(18)13(7-9(2)3)17-10-5-6-12(16)11(15)8-10/h5-6,8-9,13,17H,4,7H2,1-3H3. The smallest absolute Gasteiger partial charge is 0.328 e. The van der Waals surface area contributed by atoms with E-state index in [-0.39, 0.29) is 12.0 Å². The highest BCUT2D eigenvalue weighted by Crippen LogP contribution is 2.26. The Bertz CT molecular complexity index is 437. The molecule has 0 heterocycles. The molecule has 0 aliphatic carbocycles. The van der Waals surface area contributed by atoms with Crippen molar-refractivity contribution in [1.29, 1.82) is 0 Å². The minimum atomic E-state index is -0.340. The minimum absolute atomic E-state index is 0.220. The highest BCUT2D eigenvalue weighted by molar-refractivity contribution is 9.10. The predicted molar refractivity (Wildman–Crippen MR) is 82.7 cm³/mol. The van der Waals surface area contributed by atoms with E-state index in [2.05, 4.69) is 35.1 Å². The minimum Gasteiger partial charge on any atom is -0.464 e. The Morgan fingerprint density at radius 1 is 1.47 bits per heavy atom. The van der Waals surface area contributed by atoms with Crippen molar-refractivity contribution in [3.05, 3.63) is 27.7 Å². The number of rotatable bonds is 6. The van der Waals surface area contributed by atoms with Crippen molar-refractivity contribution in [3.63, 3.8) is 0 Å². The molecule has 0 amide bonds. The van der Waals surface area contributed by atoms with Crippen LogP contribution in [0.3, 0.4) is 0 Å². The lowest BCUT2D eigenvalue weighted by atomic mass is 10.0. The topological polar surface area (TPSA) is 38.3 Å². The van der Waals surface area contributed by atoms with Crippen LogP contribution in [0.2, 0.25) is 5.02 Å². The van der Waals surface area contributed by atoms with E-state index in [1.165, 1.54) is 0 Å². The van der Waals surface area contributed by atoms with Crippen molar-refractivity contribution >= 4 is 39.2 Å². The predicted octanol–water partition coefficient (Wildman–Crippen LogP) is 4.49. The molecule has 0 saturated carbocycles. The van der Waals surface area contributed by atoms with E-state index >= 15 is 0 Å². The van der Waals surface area contributed by atoms with Gasteiger partial charge in [0.25, 0.3) is 0 Å². The number of nitrogens with one attached hydrogen (secondary N) is 1. The van der Waals surface area contributed by atoms with E-state index in [0.717, 1.165) is 16.6 Å². The van der Waals surface area contributed by atoms with Crippen LogP contribution in [0.1, 0.15) is 27.2 Å². The van der Waals surface area contributed by atoms with Gasteiger partial charge in [-0.15, -0.1) is 0 Å². The van der Waals surface area contributed by atoms with Crippen molar-refractivity contribution in [2.24, 2.45) is 5.92 Å². The Balaban J connectivity index is 2.80. The monoisotopic (exact) mass is 347 g/mol. The molecule has 0 spiro atoms. The van der Waals surface area contributed by atoms with E-state index in [1.807, 2.05) is 19.1 Å². The molecule has 1 rings (SSSR count). The third-order valence-corrected chi connectivity index (χ3v) is 3.75. The Labute approximate surface area is 127 Å². The fraction of sp³-hybridized carbons (Fsp3) is 0.500. The number of hydrogen-bond acceptors (Lipinski definition) is 3. The maximum absolute atomic E-state index is 11.9. The van der Waals surface area contributed by atoms with Gasteiger partial charge in [-0.05, 0) is 53.4 Å². The van der Waals surface area contributed by atoms with E-state index < -0.39 is 0 Å². The maximum atomic E-state index is 11.9. The quantitative estimate of drug-likeness (QED) is 0.770. The molecule has 1 aromatic rings. The first-order valence-electron chi connectivity index (χ1n) is 6.32. The normalized spacial score (nSPS) is 12.3. The van der Waals surface area contributed by atoms with Gasteiger partial charge in [0.15, 0.2) is 0 Å². The van der Waals surface area contributed by atoms with E-state index in [0.29, 0.717) is 17.5 Å². The van der Waals surface area contributed by atoms with Gasteiger partial charge in [0.1, 0.15) is 6.04 Å². The summed E-state index contributed by atoms with van der Waals surface area (Å²) in [4.78, 5) is 11.9. The Hall–Kier alpha value is -0.740. The van der Waals surface area contributed by atoms with Gasteiger partial charge in [-0.1, -0.05) is 25.4 Å². The second-order valence-corrected chi connectivity index (χ2v) is 5.97. The first-order valence-corrected chi connectivity index (χ1v) is 7.49.